The number of allylic oxidation sites excluding steroid dienone is 1. The fraction of sp³-hybridized carbons (Fsp3) is 0.500. The maximum atomic E-state index is 13.9. The lowest BCUT2D eigenvalue weighted by Gasteiger charge is -2.22. The number of rotatable bonds is 3. The van der Waals surface area contributed by atoms with E-state index < -0.39 is 11.7 Å². The van der Waals surface area contributed by atoms with Crippen molar-refractivity contribution < 1.29 is 14.0 Å². The molecular weight excluding hydrogens is 275 g/mol. The summed E-state index contributed by atoms with van der Waals surface area (Å²) in [6.07, 6.45) is 1.87. The lowest BCUT2D eigenvalue weighted by atomic mass is 10.1. The number of halogens is 1. The second-order valence-electron chi connectivity index (χ2n) is 5.59. The number of fused-ring (bicyclic) bond motifs is 1. The van der Waals surface area contributed by atoms with Crippen LogP contribution >= 0.6 is 0 Å². The van der Waals surface area contributed by atoms with Gasteiger partial charge < -0.3 is 10.2 Å². The molecule has 112 valence electrons. The molecule has 0 aromatic carbocycles. The summed E-state index contributed by atoms with van der Waals surface area (Å²) in [5.74, 6) is -1.29. The molecule has 2 aliphatic rings. The number of nitrogens with zero attached hydrogens (tertiary/aromatic N) is 3. The van der Waals surface area contributed by atoms with E-state index in [0.29, 0.717) is 24.4 Å². The van der Waals surface area contributed by atoms with Crippen molar-refractivity contribution in [3.8, 4) is 0 Å². The van der Waals surface area contributed by atoms with Crippen LogP contribution in [-0.2, 0) is 11.3 Å². The Morgan fingerprint density at radius 2 is 2.14 bits per heavy atom. The number of amides is 2. The van der Waals surface area contributed by atoms with Gasteiger partial charge in [0.1, 0.15) is 5.69 Å². The molecule has 7 heteroatoms. The van der Waals surface area contributed by atoms with E-state index in [1.807, 2.05) is 0 Å². The second kappa shape index (κ2) is 4.98. The molecule has 1 aromatic heterocycles. The summed E-state index contributed by atoms with van der Waals surface area (Å²) < 4.78 is 15.5. The first-order valence-corrected chi connectivity index (χ1v) is 6.98. The van der Waals surface area contributed by atoms with E-state index in [1.165, 1.54) is 10.7 Å². The van der Waals surface area contributed by atoms with Gasteiger partial charge in [-0.25, -0.2) is 4.39 Å². The van der Waals surface area contributed by atoms with Crippen molar-refractivity contribution in [2.75, 3.05) is 18.9 Å². The molecule has 2 amide bonds. The zero-order valence-corrected chi connectivity index (χ0v) is 12.0. The molecule has 0 spiro atoms. The summed E-state index contributed by atoms with van der Waals surface area (Å²) in [7, 11) is 1.71. The van der Waals surface area contributed by atoms with E-state index in [4.69, 9.17) is 0 Å². The minimum absolute atomic E-state index is 0.153. The molecule has 0 atom stereocenters. The number of aromatic nitrogens is 2. The molecule has 1 aliphatic carbocycles. The molecule has 1 N–H and O–H groups in total. The maximum absolute atomic E-state index is 13.9. The monoisotopic (exact) mass is 292 g/mol. The van der Waals surface area contributed by atoms with E-state index in [0.717, 1.165) is 12.8 Å². The molecule has 6 nitrogen and oxygen atoms in total. The summed E-state index contributed by atoms with van der Waals surface area (Å²) in [5, 5.41) is 6.55. The van der Waals surface area contributed by atoms with Gasteiger partial charge in [-0.1, -0.05) is 0 Å². The predicted octanol–water partition coefficient (Wildman–Crippen LogP) is 1.56. The second-order valence-corrected chi connectivity index (χ2v) is 5.59. The zero-order valence-electron chi connectivity index (χ0n) is 12.0. The molecule has 1 saturated carbocycles. The van der Waals surface area contributed by atoms with Crippen molar-refractivity contribution in [3.05, 3.63) is 23.2 Å². The van der Waals surface area contributed by atoms with Crippen LogP contribution in [0, 0.1) is 5.92 Å². The number of carbonyl (C=O) groups excluding carboxylic acids is 2. The Kier molecular flexibility index (Phi) is 3.27. The highest BCUT2D eigenvalue weighted by Crippen LogP contribution is 2.38. The SMILES string of the molecule is C/C(=C(/F)C(=O)Nc1cc2n(n1)CCN(C)C2=O)C1CC1. The van der Waals surface area contributed by atoms with E-state index >= 15 is 0 Å². The van der Waals surface area contributed by atoms with Gasteiger partial charge in [-0.15, -0.1) is 0 Å². The Morgan fingerprint density at radius 3 is 2.81 bits per heavy atom. The first kappa shape index (κ1) is 13.8. The first-order chi connectivity index (χ1) is 9.97. The lowest BCUT2D eigenvalue weighted by Crippen LogP contribution is -2.37. The van der Waals surface area contributed by atoms with Gasteiger partial charge in [0.15, 0.2) is 11.6 Å². The third kappa shape index (κ3) is 2.55. The van der Waals surface area contributed by atoms with Gasteiger partial charge in [-0.05, 0) is 31.3 Å². The number of hydrogen-bond acceptors (Lipinski definition) is 3. The highest BCUT2D eigenvalue weighted by Gasteiger charge is 2.29. The molecule has 0 radical (unpaired) electrons. The molecule has 1 aliphatic heterocycles. The molecule has 0 unspecified atom stereocenters. The molecule has 2 heterocycles. The topological polar surface area (TPSA) is 67.2 Å². The van der Waals surface area contributed by atoms with Crippen molar-refractivity contribution in [3.63, 3.8) is 0 Å². The van der Waals surface area contributed by atoms with Crippen LogP contribution in [0.4, 0.5) is 10.2 Å². The Labute approximate surface area is 121 Å². The van der Waals surface area contributed by atoms with E-state index in [2.05, 4.69) is 10.4 Å². The normalized spacial score (nSPS) is 19.2. The number of hydrogen-bond donors (Lipinski definition) is 1. The number of nitrogens with one attached hydrogen (secondary N) is 1. The lowest BCUT2D eigenvalue weighted by molar-refractivity contribution is -0.114. The van der Waals surface area contributed by atoms with Crippen LogP contribution in [0.3, 0.4) is 0 Å². The highest BCUT2D eigenvalue weighted by molar-refractivity contribution is 6.03. The number of anilines is 1. The summed E-state index contributed by atoms with van der Waals surface area (Å²) >= 11 is 0. The van der Waals surface area contributed by atoms with Gasteiger partial charge >= 0.3 is 0 Å². The fourth-order valence-corrected chi connectivity index (χ4v) is 2.41. The Bertz CT molecular complexity index is 645. The van der Waals surface area contributed by atoms with Gasteiger partial charge in [0.2, 0.25) is 0 Å². The third-order valence-corrected chi connectivity index (χ3v) is 3.97. The van der Waals surface area contributed by atoms with Gasteiger partial charge in [0.05, 0.1) is 6.54 Å². The predicted molar refractivity (Wildman–Crippen MR) is 74.3 cm³/mol. The van der Waals surface area contributed by atoms with E-state index in [1.54, 1.807) is 18.9 Å². The summed E-state index contributed by atoms with van der Waals surface area (Å²) in [4.78, 5) is 25.4. The van der Waals surface area contributed by atoms with Crippen LogP contribution in [0.2, 0.25) is 0 Å². The maximum Gasteiger partial charge on any atom is 0.285 e. The first-order valence-electron chi connectivity index (χ1n) is 6.98. The Balaban J connectivity index is 1.77. The van der Waals surface area contributed by atoms with Gasteiger partial charge in [0.25, 0.3) is 11.8 Å². The molecular formula is C14H17FN4O2. The molecule has 1 fully saturated rings. The molecule has 1 aromatic rings. The fourth-order valence-electron chi connectivity index (χ4n) is 2.41. The summed E-state index contributed by atoms with van der Waals surface area (Å²) in [5.41, 5.74) is 0.898. The Morgan fingerprint density at radius 1 is 1.43 bits per heavy atom. The van der Waals surface area contributed by atoms with Crippen LogP contribution in [0.25, 0.3) is 0 Å². The van der Waals surface area contributed by atoms with Crippen LogP contribution < -0.4 is 5.32 Å². The number of carbonyl (C=O) groups is 2. The summed E-state index contributed by atoms with van der Waals surface area (Å²) in [6.45, 7) is 2.77. The number of likely N-dealkylation sites (N-methyl/N-ethyl adjacent to an activating group) is 1. The van der Waals surface area contributed by atoms with Crippen LogP contribution in [0.5, 0.6) is 0 Å². The standard InChI is InChI=1S/C14H17FN4O2/c1-8(9-3-4-9)12(15)13(20)16-11-7-10-14(21)18(2)5-6-19(10)17-11/h7,9H,3-6H2,1-2H3,(H,16,17,20)/b12-8-. The van der Waals surface area contributed by atoms with Crippen LogP contribution in [-0.4, -0.2) is 40.1 Å². The van der Waals surface area contributed by atoms with Crippen molar-refractivity contribution in [2.24, 2.45) is 5.92 Å². The minimum Gasteiger partial charge on any atom is -0.339 e. The average molecular weight is 292 g/mol. The molecule has 0 saturated heterocycles. The van der Waals surface area contributed by atoms with Crippen molar-refractivity contribution in [2.45, 2.75) is 26.3 Å². The van der Waals surface area contributed by atoms with Crippen LogP contribution in [0.15, 0.2) is 17.5 Å². The largest absolute Gasteiger partial charge is 0.339 e. The molecule has 0 bridgehead atoms. The van der Waals surface area contributed by atoms with Crippen molar-refractivity contribution in [1.29, 1.82) is 0 Å². The third-order valence-electron chi connectivity index (χ3n) is 3.97. The smallest absolute Gasteiger partial charge is 0.285 e. The van der Waals surface area contributed by atoms with Gasteiger partial charge in [0, 0.05) is 19.7 Å². The average Bonchev–Trinajstić information content (AvgIpc) is 3.23. The Hall–Kier alpha value is -2.18. The van der Waals surface area contributed by atoms with Gasteiger partial charge in [-0.3, -0.25) is 14.3 Å². The van der Waals surface area contributed by atoms with Crippen LogP contribution in [0.1, 0.15) is 30.3 Å². The van der Waals surface area contributed by atoms with Crippen molar-refractivity contribution >= 4 is 17.6 Å². The highest BCUT2D eigenvalue weighted by atomic mass is 19.1. The molecule has 3 rings (SSSR count). The molecule has 21 heavy (non-hydrogen) atoms. The zero-order chi connectivity index (χ0) is 15.1. The van der Waals surface area contributed by atoms with Gasteiger partial charge in [-0.2, -0.15) is 5.10 Å². The van der Waals surface area contributed by atoms with Crippen molar-refractivity contribution in [1.82, 2.24) is 14.7 Å². The van der Waals surface area contributed by atoms with E-state index in [-0.39, 0.29) is 17.6 Å². The van der Waals surface area contributed by atoms with E-state index in [9.17, 15) is 14.0 Å². The minimum atomic E-state index is -0.796. The quantitative estimate of drug-likeness (QED) is 0.860. The summed E-state index contributed by atoms with van der Waals surface area (Å²) in [6, 6.07) is 1.48.